The standard InChI is InChI=1S/C12H17N.C4H6O6/c1-9-6-10(2)8-11(7-9)12-4-3-5-13-12;5-1(3(7)8)2(6)4(9)10/h6-8,12-13H,3-5H2,1-2H3;1-2,5-6H,(H,7,8)(H,9,10)/t12-;/m0./s1. The summed E-state index contributed by atoms with van der Waals surface area (Å²) < 4.78 is 0. The zero-order valence-corrected chi connectivity index (χ0v) is 13.2. The number of benzene rings is 1. The molecule has 0 spiro atoms. The van der Waals surface area contributed by atoms with E-state index in [1.54, 1.807) is 0 Å². The Bertz CT molecular complexity index is 515. The van der Waals surface area contributed by atoms with Crippen LogP contribution >= 0.6 is 0 Å². The van der Waals surface area contributed by atoms with Crippen LogP contribution in [0.1, 0.15) is 35.6 Å². The van der Waals surface area contributed by atoms with Gasteiger partial charge in [-0.15, -0.1) is 0 Å². The van der Waals surface area contributed by atoms with Gasteiger partial charge in [0.25, 0.3) is 0 Å². The van der Waals surface area contributed by atoms with E-state index in [9.17, 15) is 9.59 Å². The number of carboxylic acids is 2. The number of aliphatic hydroxyl groups excluding tert-OH is 2. The first-order valence-electron chi connectivity index (χ1n) is 7.35. The van der Waals surface area contributed by atoms with Crippen molar-refractivity contribution in [1.82, 2.24) is 5.32 Å². The number of nitrogens with one attached hydrogen (secondary N) is 1. The minimum atomic E-state index is -2.27. The van der Waals surface area contributed by atoms with Crippen molar-refractivity contribution in [2.45, 2.75) is 44.9 Å². The summed E-state index contributed by atoms with van der Waals surface area (Å²) in [5, 5.41) is 36.1. The first kappa shape index (κ1) is 19.1. The fraction of sp³-hybridized carbons (Fsp3) is 0.500. The third-order valence-electron chi connectivity index (χ3n) is 3.51. The Morgan fingerprint density at radius 2 is 1.52 bits per heavy atom. The highest BCUT2D eigenvalue weighted by Crippen LogP contribution is 2.24. The third-order valence-corrected chi connectivity index (χ3v) is 3.51. The molecule has 1 aromatic rings. The van der Waals surface area contributed by atoms with E-state index in [2.05, 4.69) is 37.4 Å². The quantitative estimate of drug-likeness (QED) is 0.548. The van der Waals surface area contributed by atoms with Crippen LogP contribution < -0.4 is 5.32 Å². The average Bonchev–Trinajstić information content (AvgIpc) is 2.99. The van der Waals surface area contributed by atoms with Crippen LogP contribution in [-0.4, -0.2) is 51.1 Å². The van der Waals surface area contributed by atoms with Gasteiger partial charge in [0.05, 0.1) is 0 Å². The van der Waals surface area contributed by atoms with Gasteiger partial charge in [-0.05, 0) is 38.8 Å². The molecule has 1 aliphatic heterocycles. The van der Waals surface area contributed by atoms with Gasteiger partial charge in [0.15, 0.2) is 12.2 Å². The van der Waals surface area contributed by atoms with Crippen LogP contribution in [0.4, 0.5) is 0 Å². The fourth-order valence-electron chi connectivity index (χ4n) is 2.45. The maximum absolute atomic E-state index is 9.77. The largest absolute Gasteiger partial charge is 0.479 e. The molecule has 3 atom stereocenters. The molecule has 1 aromatic carbocycles. The molecule has 23 heavy (non-hydrogen) atoms. The van der Waals surface area contributed by atoms with Gasteiger partial charge < -0.3 is 25.7 Å². The maximum Gasteiger partial charge on any atom is 0.335 e. The predicted molar refractivity (Wildman–Crippen MR) is 83.2 cm³/mol. The molecule has 7 heteroatoms. The molecule has 1 saturated heterocycles. The first-order valence-corrected chi connectivity index (χ1v) is 7.35. The van der Waals surface area contributed by atoms with Crippen LogP contribution in [0.3, 0.4) is 0 Å². The second-order valence-corrected chi connectivity index (χ2v) is 5.64. The Hall–Kier alpha value is -1.96. The Balaban J connectivity index is 0.000000241. The Labute approximate surface area is 134 Å². The molecule has 0 aliphatic carbocycles. The highest BCUT2D eigenvalue weighted by atomic mass is 16.4. The van der Waals surface area contributed by atoms with Crippen LogP contribution in [0.5, 0.6) is 0 Å². The normalized spacial score (nSPS) is 19.4. The minimum absolute atomic E-state index is 0.610. The second-order valence-electron chi connectivity index (χ2n) is 5.64. The molecule has 1 aliphatic rings. The van der Waals surface area contributed by atoms with Crippen LogP contribution in [0.25, 0.3) is 0 Å². The molecule has 1 heterocycles. The van der Waals surface area contributed by atoms with Gasteiger partial charge in [-0.3, -0.25) is 0 Å². The van der Waals surface area contributed by atoms with E-state index in [4.69, 9.17) is 20.4 Å². The van der Waals surface area contributed by atoms with E-state index in [0.29, 0.717) is 6.04 Å². The fourth-order valence-corrected chi connectivity index (χ4v) is 2.45. The number of hydrogen-bond acceptors (Lipinski definition) is 5. The van der Waals surface area contributed by atoms with Crippen molar-refractivity contribution in [2.24, 2.45) is 0 Å². The number of carbonyl (C=O) groups is 2. The van der Waals surface area contributed by atoms with E-state index in [1.807, 2.05) is 0 Å². The van der Waals surface area contributed by atoms with E-state index in [0.717, 1.165) is 0 Å². The van der Waals surface area contributed by atoms with Gasteiger partial charge in [0, 0.05) is 6.04 Å². The number of carboxylic acid groups (broad SMARTS) is 2. The van der Waals surface area contributed by atoms with E-state index in [-0.39, 0.29) is 0 Å². The summed E-state index contributed by atoms with van der Waals surface area (Å²) in [6, 6.07) is 7.45. The van der Waals surface area contributed by atoms with E-state index < -0.39 is 24.1 Å². The van der Waals surface area contributed by atoms with Gasteiger partial charge >= 0.3 is 11.9 Å². The Morgan fingerprint density at radius 3 is 1.87 bits per heavy atom. The smallest absolute Gasteiger partial charge is 0.335 e. The van der Waals surface area contributed by atoms with E-state index in [1.165, 1.54) is 36.1 Å². The molecular weight excluding hydrogens is 302 g/mol. The molecule has 7 nitrogen and oxygen atoms in total. The number of aryl methyl sites for hydroxylation is 2. The molecule has 128 valence electrons. The molecule has 0 bridgehead atoms. The van der Waals surface area contributed by atoms with Crippen molar-refractivity contribution in [1.29, 1.82) is 0 Å². The highest BCUT2D eigenvalue weighted by Gasteiger charge is 2.29. The van der Waals surface area contributed by atoms with Gasteiger partial charge in [0.2, 0.25) is 0 Å². The minimum Gasteiger partial charge on any atom is -0.479 e. The zero-order chi connectivity index (χ0) is 17.6. The summed E-state index contributed by atoms with van der Waals surface area (Å²) in [6.07, 6.45) is -1.92. The summed E-state index contributed by atoms with van der Waals surface area (Å²) in [4.78, 5) is 19.5. The summed E-state index contributed by atoms with van der Waals surface area (Å²) in [5.74, 6) is -3.54. The third kappa shape index (κ3) is 5.97. The van der Waals surface area contributed by atoms with Crippen molar-refractivity contribution in [2.75, 3.05) is 6.54 Å². The Morgan fingerprint density at radius 1 is 1.04 bits per heavy atom. The first-order chi connectivity index (χ1) is 10.7. The maximum atomic E-state index is 9.77. The Kier molecular flexibility index (Phi) is 7.15. The topological polar surface area (TPSA) is 127 Å². The summed E-state index contributed by atoms with van der Waals surface area (Å²) >= 11 is 0. The molecule has 1 fully saturated rings. The highest BCUT2D eigenvalue weighted by molar-refractivity contribution is 5.83. The van der Waals surface area contributed by atoms with Gasteiger partial charge in [0.1, 0.15) is 0 Å². The van der Waals surface area contributed by atoms with Gasteiger partial charge in [-0.2, -0.15) is 0 Å². The van der Waals surface area contributed by atoms with Gasteiger partial charge in [-0.25, -0.2) is 9.59 Å². The van der Waals surface area contributed by atoms with Crippen molar-refractivity contribution >= 4 is 11.9 Å². The summed E-state index contributed by atoms with van der Waals surface area (Å²) in [7, 11) is 0. The zero-order valence-electron chi connectivity index (χ0n) is 13.2. The molecule has 0 radical (unpaired) electrons. The molecule has 0 saturated carbocycles. The lowest BCUT2D eigenvalue weighted by Crippen LogP contribution is -2.39. The number of hydrogen-bond donors (Lipinski definition) is 5. The lowest BCUT2D eigenvalue weighted by Gasteiger charge is -2.12. The van der Waals surface area contributed by atoms with Gasteiger partial charge in [-0.1, -0.05) is 29.3 Å². The molecule has 5 N–H and O–H groups in total. The van der Waals surface area contributed by atoms with Crippen molar-refractivity contribution in [3.05, 3.63) is 34.9 Å². The van der Waals surface area contributed by atoms with Crippen LogP contribution in [-0.2, 0) is 9.59 Å². The summed E-state index contributed by atoms with van der Waals surface area (Å²) in [6.45, 7) is 5.52. The molecule has 0 amide bonds. The average molecular weight is 325 g/mol. The van der Waals surface area contributed by atoms with Crippen molar-refractivity contribution < 1.29 is 30.0 Å². The second kappa shape index (κ2) is 8.61. The predicted octanol–water partition coefficient (Wildman–Crippen LogP) is 0.605. The molecular formula is C16H23NO6. The van der Waals surface area contributed by atoms with Crippen LogP contribution in [0.2, 0.25) is 0 Å². The van der Waals surface area contributed by atoms with Crippen molar-refractivity contribution in [3.8, 4) is 0 Å². The van der Waals surface area contributed by atoms with Crippen molar-refractivity contribution in [3.63, 3.8) is 0 Å². The molecule has 2 unspecified atom stereocenters. The lowest BCUT2D eigenvalue weighted by molar-refractivity contribution is -0.165. The number of aliphatic carboxylic acids is 2. The SMILES string of the molecule is Cc1cc(C)cc([C@@H]2CCCN2)c1.O=C(O)C(O)C(O)C(=O)O. The summed E-state index contributed by atoms with van der Waals surface area (Å²) in [5.41, 5.74) is 4.22. The molecule has 2 rings (SSSR count). The van der Waals surface area contributed by atoms with Crippen LogP contribution in [0, 0.1) is 13.8 Å². The molecule has 0 aromatic heterocycles. The monoisotopic (exact) mass is 325 g/mol. The number of rotatable bonds is 4. The van der Waals surface area contributed by atoms with Crippen LogP contribution in [0.15, 0.2) is 18.2 Å². The van der Waals surface area contributed by atoms with E-state index >= 15 is 0 Å². The lowest BCUT2D eigenvalue weighted by atomic mass is 10.0. The number of aliphatic hydroxyl groups is 2.